The molecule has 98 valence electrons. The van der Waals surface area contributed by atoms with E-state index in [9.17, 15) is 4.79 Å². The average molecular weight is 242 g/mol. The summed E-state index contributed by atoms with van der Waals surface area (Å²) in [5.74, 6) is -0.396. The highest BCUT2D eigenvalue weighted by atomic mass is 16.7. The van der Waals surface area contributed by atoms with Gasteiger partial charge in [0.25, 0.3) is 0 Å². The molecule has 1 aliphatic rings. The number of rotatable bonds is 6. The Labute approximate surface area is 103 Å². The molecule has 0 aliphatic carbocycles. The van der Waals surface area contributed by atoms with Crippen LogP contribution in [0.25, 0.3) is 0 Å². The van der Waals surface area contributed by atoms with E-state index >= 15 is 0 Å². The molecule has 0 aromatic carbocycles. The molecule has 1 saturated heterocycles. The Kier molecular flexibility index (Phi) is 5.65. The maximum atomic E-state index is 11.0. The zero-order valence-electron chi connectivity index (χ0n) is 10.7. The van der Waals surface area contributed by atoms with Gasteiger partial charge >= 0.3 is 5.97 Å². The van der Waals surface area contributed by atoms with Crippen LogP contribution >= 0.6 is 0 Å². The summed E-state index contributed by atoms with van der Waals surface area (Å²) >= 11 is 0. The molecule has 4 nitrogen and oxygen atoms in total. The lowest BCUT2D eigenvalue weighted by Crippen LogP contribution is -2.31. The Morgan fingerprint density at radius 2 is 2.24 bits per heavy atom. The quantitative estimate of drug-likeness (QED) is 0.529. The van der Waals surface area contributed by atoms with Crippen molar-refractivity contribution in [2.45, 2.75) is 39.4 Å². The second kappa shape index (κ2) is 6.77. The van der Waals surface area contributed by atoms with Crippen molar-refractivity contribution < 1.29 is 19.0 Å². The number of carbonyl (C=O) groups excluding carboxylic acids is 1. The van der Waals surface area contributed by atoms with E-state index in [1.165, 1.54) is 6.08 Å². The van der Waals surface area contributed by atoms with E-state index in [1.54, 1.807) is 0 Å². The summed E-state index contributed by atoms with van der Waals surface area (Å²) < 4.78 is 16.2. The Bertz CT molecular complexity index is 254. The maximum Gasteiger partial charge on any atom is 0.330 e. The zero-order valence-corrected chi connectivity index (χ0v) is 10.7. The topological polar surface area (TPSA) is 44.8 Å². The molecule has 4 heteroatoms. The van der Waals surface area contributed by atoms with Crippen molar-refractivity contribution in [3.05, 3.63) is 12.7 Å². The van der Waals surface area contributed by atoms with Crippen LogP contribution in [0.4, 0.5) is 0 Å². The second-order valence-corrected chi connectivity index (χ2v) is 5.08. The van der Waals surface area contributed by atoms with Crippen molar-refractivity contribution >= 4 is 5.97 Å². The van der Waals surface area contributed by atoms with E-state index in [-0.39, 0.29) is 11.7 Å². The molecule has 0 bridgehead atoms. The minimum atomic E-state index is -0.396. The van der Waals surface area contributed by atoms with Crippen molar-refractivity contribution in [2.24, 2.45) is 5.41 Å². The number of esters is 1. The molecule has 1 unspecified atom stereocenters. The van der Waals surface area contributed by atoms with Crippen molar-refractivity contribution in [1.82, 2.24) is 0 Å². The average Bonchev–Trinajstić information content (AvgIpc) is 2.35. The van der Waals surface area contributed by atoms with Gasteiger partial charge in [0.1, 0.15) is 0 Å². The molecule has 0 aromatic heterocycles. The van der Waals surface area contributed by atoms with Gasteiger partial charge in [-0.2, -0.15) is 0 Å². The fraction of sp³-hybridized carbons (Fsp3) is 0.769. The normalized spacial score (nSPS) is 20.9. The van der Waals surface area contributed by atoms with Crippen molar-refractivity contribution in [2.75, 3.05) is 19.8 Å². The maximum absolute atomic E-state index is 11.0. The van der Waals surface area contributed by atoms with Crippen LogP contribution in [0, 0.1) is 5.41 Å². The van der Waals surface area contributed by atoms with Crippen LogP contribution < -0.4 is 0 Å². The van der Waals surface area contributed by atoms with Gasteiger partial charge in [0.05, 0.1) is 13.2 Å². The van der Waals surface area contributed by atoms with Gasteiger partial charge in [0.2, 0.25) is 0 Å². The van der Waals surface area contributed by atoms with E-state index in [1.807, 2.05) is 13.8 Å². The van der Waals surface area contributed by atoms with Crippen LogP contribution in [0.1, 0.15) is 33.1 Å². The first-order valence-corrected chi connectivity index (χ1v) is 6.06. The molecule has 1 aliphatic heterocycles. The monoisotopic (exact) mass is 242 g/mol. The third-order valence-corrected chi connectivity index (χ3v) is 2.57. The molecule has 0 radical (unpaired) electrons. The Balaban J connectivity index is 2.22. The van der Waals surface area contributed by atoms with Crippen LogP contribution in [0.3, 0.4) is 0 Å². The van der Waals surface area contributed by atoms with E-state index in [2.05, 4.69) is 6.58 Å². The fourth-order valence-corrected chi connectivity index (χ4v) is 1.53. The SMILES string of the molecule is C=CC(=O)OCC(C)(C)COC1CCCCO1. The predicted octanol–water partition coefficient (Wildman–Crippen LogP) is 2.29. The smallest absolute Gasteiger partial charge is 0.330 e. The van der Waals surface area contributed by atoms with Crippen LogP contribution in [-0.2, 0) is 19.0 Å². The van der Waals surface area contributed by atoms with Crippen molar-refractivity contribution in [3.8, 4) is 0 Å². The summed E-state index contributed by atoms with van der Waals surface area (Å²) in [4.78, 5) is 11.0. The molecule has 17 heavy (non-hydrogen) atoms. The lowest BCUT2D eigenvalue weighted by Gasteiger charge is -2.28. The molecule has 1 heterocycles. The van der Waals surface area contributed by atoms with E-state index in [0.717, 1.165) is 25.9 Å². The first-order valence-electron chi connectivity index (χ1n) is 6.06. The third kappa shape index (κ3) is 5.84. The lowest BCUT2D eigenvalue weighted by atomic mass is 9.96. The summed E-state index contributed by atoms with van der Waals surface area (Å²) in [6.07, 6.45) is 4.28. The summed E-state index contributed by atoms with van der Waals surface area (Å²) in [6, 6.07) is 0. The van der Waals surface area contributed by atoms with Gasteiger partial charge < -0.3 is 14.2 Å². The third-order valence-electron chi connectivity index (χ3n) is 2.57. The lowest BCUT2D eigenvalue weighted by molar-refractivity contribution is -0.181. The molecular formula is C13H22O4. The summed E-state index contributed by atoms with van der Waals surface area (Å²) in [6.45, 7) is 8.95. The van der Waals surface area contributed by atoms with Gasteiger partial charge in [0.15, 0.2) is 6.29 Å². The first kappa shape index (κ1) is 14.2. The summed E-state index contributed by atoms with van der Waals surface area (Å²) in [5, 5.41) is 0. The summed E-state index contributed by atoms with van der Waals surface area (Å²) in [5.41, 5.74) is -0.209. The molecule has 0 N–H and O–H groups in total. The summed E-state index contributed by atoms with van der Waals surface area (Å²) in [7, 11) is 0. The molecule has 0 aromatic rings. The highest BCUT2D eigenvalue weighted by Gasteiger charge is 2.23. The van der Waals surface area contributed by atoms with E-state index < -0.39 is 5.97 Å². The van der Waals surface area contributed by atoms with Gasteiger partial charge in [-0.1, -0.05) is 20.4 Å². The van der Waals surface area contributed by atoms with Crippen molar-refractivity contribution in [1.29, 1.82) is 0 Å². The van der Waals surface area contributed by atoms with Crippen LogP contribution in [0.2, 0.25) is 0 Å². The van der Waals surface area contributed by atoms with Crippen LogP contribution in [-0.4, -0.2) is 32.1 Å². The molecule has 0 spiro atoms. The minimum absolute atomic E-state index is 0.0990. The molecule has 0 saturated carbocycles. The number of ether oxygens (including phenoxy) is 3. The zero-order chi connectivity index (χ0) is 12.7. The van der Waals surface area contributed by atoms with E-state index in [4.69, 9.17) is 14.2 Å². The fourth-order valence-electron chi connectivity index (χ4n) is 1.53. The molecule has 1 rings (SSSR count). The van der Waals surface area contributed by atoms with E-state index in [0.29, 0.717) is 13.2 Å². The van der Waals surface area contributed by atoms with Gasteiger partial charge in [-0.3, -0.25) is 0 Å². The molecule has 0 amide bonds. The highest BCUT2D eigenvalue weighted by Crippen LogP contribution is 2.20. The second-order valence-electron chi connectivity index (χ2n) is 5.08. The van der Waals surface area contributed by atoms with Gasteiger partial charge in [0, 0.05) is 18.1 Å². The van der Waals surface area contributed by atoms with Gasteiger partial charge in [-0.25, -0.2) is 4.79 Å². The van der Waals surface area contributed by atoms with Crippen LogP contribution in [0.5, 0.6) is 0 Å². The standard InChI is InChI=1S/C13H22O4/c1-4-11(14)16-9-13(2,3)10-17-12-7-5-6-8-15-12/h4,12H,1,5-10H2,2-3H3. The number of hydrogen-bond donors (Lipinski definition) is 0. The van der Waals surface area contributed by atoms with Gasteiger partial charge in [-0.15, -0.1) is 0 Å². The molecule has 1 atom stereocenters. The number of hydrogen-bond acceptors (Lipinski definition) is 4. The van der Waals surface area contributed by atoms with Gasteiger partial charge in [-0.05, 0) is 19.3 Å². The molecule has 1 fully saturated rings. The first-order chi connectivity index (χ1) is 8.03. The Morgan fingerprint density at radius 1 is 1.47 bits per heavy atom. The largest absolute Gasteiger partial charge is 0.462 e. The highest BCUT2D eigenvalue weighted by molar-refractivity contribution is 5.81. The molecular weight excluding hydrogens is 220 g/mol. The Hall–Kier alpha value is -0.870. The number of carbonyl (C=O) groups is 1. The van der Waals surface area contributed by atoms with Crippen LogP contribution in [0.15, 0.2) is 12.7 Å². The predicted molar refractivity (Wildman–Crippen MR) is 64.5 cm³/mol. The minimum Gasteiger partial charge on any atom is -0.462 e. The van der Waals surface area contributed by atoms with Crippen molar-refractivity contribution in [3.63, 3.8) is 0 Å². The Morgan fingerprint density at radius 3 is 2.82 bits per heavy atom.